The monoisotopic (exact) mass is 378 g/mol. The van der Waals surface area contributed by atoms with Crippen molar-refractivity contribution in [3.63, 3.8) is 0 Å². The van der Waals surface area contributed by atoms with E-state index in [1.807, 2.05) is 60.7 Å². The molecule has 0 aromatic heterocycles. The maximum Gasteiger partial charge on any atom is 0.243 e. The summed E-state index contributed by atoms with van der Waals surface area (Å²) in [6, 6.07) is 19.4. The van der Waals surface area contributed by atoms with Crippen molar-refractivity contribution >= 4 is 11.8 Å². The van der Waals surface area contributed by atoms with Crippen molar-refractivity contribution in [3.8, 4) is 5.75 Å². The van der Waals surface area contributed by atoms with Crippen LogP contribution in [0.1, 0.15) is 31.2 Å². The van der Waals surface area contributed by atoms with E-state index in [0.717, 1.165) is 24.2 Å². The predicted molar refractivity (Wildman–Crippen MR) is 107 cm³/mol. The SMILES string of the molecule is O=C(NC1CC1)[C@@H]1C[C@H](Oc2ccccc2)CN1C(=O)CCc1ccccc1. The quantitative estimate of drug-likeness (QED) is 0.806. The standard InChI is InChI=1S/C23H26N2O3/c26-22(14-11-17-7-3-1-4-8-17)25-16-20(28-19-9-5-2-6-10-19)15-21(25)23(27)24-18-12-13-18/h1-10,18,20-21H,11-16H2,(H,24,27)/t20-,21-/m0/s1. The molecule has 0 bridgehead atoms. The van der Waals surface area contributed by atoms with E-state index in [0.29, 0.717) is 25.8 Å². The van der Waals surface area contributed by atoms with Crippen LogP contribution < -0.4 is 10.1 Å². The smallest absolute Gasteiger partial charge is 0.243 e. The third-order valence-electron chi connectivity index (χ3n) is 5.33. The fourth-order valence-corrected chi connectivity index (χ4v) is 3.66. The minimum atomic E-state index is -0.447. The van der Waals surface area contributed by atoms with Gasteiger partial charge < -0.3 is 15.0 Å². The van der Waals surface area contributed by atoms with Crippen LogP contribution >= 0.6 is 0 Å². The van der Waals surface area contributed by atoms with Gasteiger partial charge in [-0.1, -0.05) is 48.5 Å². The van der Waals surface area contributed by atoms with E-state index in [1.165, 1.54) is 0 Å². The third-order valence-corrected chi connectivity index (χ3v) is 5.33. The van der Waals surface area contributed by atoms with Crippen molar-refractivity contribution < 1.29 is 14.3 Å². The number of carbonyl (C=O) groups is 2. The Hall–Kier alpha value is -2.82. The fraction of sp³-hybridized carbons (Fsp3) is 0.391. The summed E-state index contributed by atoms with van der Waals surface area (Å²) >= 11 is 0. The zero-order chi connectivity index (χ0) is 19.3. The van der Waals surface area contributed by atoms with Crippen LogP contribution in [0.3, 0.4) is 0 Å². The molecule has 2 fully saturated rings. The van der Waals surface area contributed by atoms with Crippen LogP contribution in [-0.4, -0.2) is 41.4 Å². The number of likely N-dealkylation sites (tertiary alicyclic amines) is 1. The molecular weight excluding hydrogens is 352 g/mol. The average molecular weight is 378 g/mol. The predicted octanol–water partition coefficient (Wildman–Crippen LogP) is 2.95. The zero-order valence-corrected chi connectivity index (χ0v) is 15.9. The van der Waals surface area contributed by atoms with Crippen molar-refractivity contribution in [1.29, 1.82) is 0 Å². The van der Waals surface area contributed by atoms with Crippen molar-refractivity contribution in [1.82, 2.24) is 10.2 Å². The van der Waals surface area contributed by atoms with Gasteiger partial charge in [0.15, 0.2) is 0 Å². The minimum absolute atomic E-state index is 0.0129. The summed E-state index contributed by atoms with van der Waals surface area (Å²) in [5.41, 5.74) is 1.13. The van der Waals surface area contributed by atoms with Gasteiger partial charge in [-0.25, -0.2) is 0 Å². The molecule has 5 nitrogen and oxygen atoms in total. The number of hydrogen-bond acceptors (Lipinski definition) is 3. The average Bonchev–Trinajstić information content (AvgIpc) is 3.44. The molecule has 5 heteroatoms. The molecule has 1 saturated carbocycles. The normalized spacial score (nSPS) is 21.4. The highest BCUT2D eigenvalue weighted by molar-refractivity contribution is 5.88. The van der Waals surface area contributed by atoms with Crippen LogP contribution in [0.4, 0.5) is 0 Å². The lowest BCUT2D eigenvalue weighted by atomic mass is 10.1. The molecule has 1 aliphatic carbocycles. The molecule has 1 aliphatic heterocycles. The number of amides is 2. The number of carbonyl (C=O) groups excluding carboxylic acids is 2. The molecule has 0 unspecified atom stereocenters. The van der Waals surface area contributed by atoms with Crippen LogP contribution in [-0.2, 0) is 16.0 Å². The van der Waals surface area contributed by atoms with Crippen LogP contribution in [0.2, 0.25) is 0 Å². The first-order valence-electron chi connectivity index (χ1n) is 10.0. The third kappa shape index (κ3) is 4.71. The van der Waals surface area contributed by atoms with Gasteiger partial charge in [0.2, 0.25) is 11.8 Å². The van der Waals surface area contributed by atoms with Crippen molar-refractivity contribution in [2.75, 3.05) is 6.54 Å². The van der Waals surface area contributed by atoms with Gasteiger partial charge in [-0.2, -0.15) is 0 Å². The second-order valence-electron chi connectivity index (χ2n) is 7.62. The van der Waals surface area contributed by atoms with Crippen molar-refractivity contribution in [3.05, 3.63) is 66.2 Å². The van der Waals surface area contributed by atoms with Gasteiger partial charge in [0.05, 0.1) is 6.54 Å². The molecule has 2 aromatic rings. The zero-order valence-electron chi connectivity index (χ0n) is 15.9. The molecule has 28 heavy (non-hydrogen) atoms. The summed E-state index contributed by atoms with van der Waals surface area (Å²) in [6.07, 6.45) is 3.50. The minimum Gasteiger partial charge on any atom is -0.488 e. The Kier molecular flexibility index (Phi) is 5.60. The molecule has 0 radical (unpaired) electrons. The van der Waals surface area contributed by atoms with E-state index in [-0.39, 0.29) is 24.0 Å². The number of benzene rings is 2. The van der Waals surface area contributed by atoms with Crippen LogP contribution in [0.5, 0.6) is 5.75 Å². The van der Waals surface area contributed by atoms with Gasteiger partial charge >= 0.3 is 0 Å². The lowest BCUT2D eigenvalue weighted by molar-refractivity contribution is -0.138. The van der Waals surface area contributed by atoms with Gasteiger partial charge in [0, 0.05) is 18.9 Å². The van der Waals surface area contributed by atoms with Crippen LogP contribution in [0, 0.1) is 0 Å². The highest BCUT2D eigenvalue weighted by atomic mass is 16.5. The maximum absolute atomic E-state index is 12.9. The molecular formula is C23H26N2O3. The second-order valence-corrected chi connectivity index (χ2v) is 7.62. The first-order chi connectivity index (χ1) is 13.7. The number of ether oxygens (including phenoxy) is 1. The summed E-state index contributed by atoms with van der Waals surface area (Å²) in [4.78, 5) is 27.4. The molecule has 1 saturated heterocycles. The molecule has 2 atom stereocenters. The Morgan fingerprint density at radius 3 is 2.36 bits per heavy atom. The van der Waals surface area contributed by atoms with E-state index in [2.05, 4.69) is 5.32 Å². The number of hydrogen-bond donors (Lipinski definition) is 1. The molecule has 0 spiro atoms. The summed E-state index contributed by atoms with van der Waals surface area (Å²) in [7, 11) is 0. The Labute approximate surface area is 165 Å². The Balaban J connectivity index is 1.41. The molecule has 146 valence electrons. The fourth-order valence-electron chi connectivity index (χ4n) is 3.66. The lowest BCUT2D eigenvalue weighted by Gasteiger charge is -2.23. The Bertz CT molecular complexity index is 805. The number of aryl methyl sites for hydroxylation is 1. The van der Waals surface area contributed by atoms with E-state index in [9.17, 15) is 9.59 Å². The van der Waals surface area contributed by atoms with Gasteiger partial charge in [-0.15, -0.1) is 0 Å². The van der Waals surface area contributed by atoms with Crippen molar-refractivity contribution in [2.45, 2.75) is 50.3 Å². The van der Waals surface area contributed by atoms with Crippen LogP contribution in [0.25, 0.3) is 0 Å². The number of nitrogens with zero attached hydrogens (tertiary/aromatic N) is 1. The Morgan fingerprint density at radius 2 is 1.68 bits per heavy atom. The molecule has 2 amide bonds. The van der Waals surface area contributed by atoms with Gasteiger partial charge in [0.25, 0.3) is 0 Å². The summed E-state index contributed by atoms with van der Waals surface area (Å²) in [5, 5.41) is 3.05. The first-order valence-corrected chi connectivity index (χ1v) is 10.0. The lowest BCUT2D eigenvalue weighted by Crippen LogP contribution is -2.46. The molecule has 1 heterocycles. The highest BCUT2D eigenvalue weighted by Crippen LogP contribution is 2.26. The molecule has 1 N–H and O–H groups in total. The van der Waals surface area contributed by atoms with Gasteiger partial charge in [-0.05, 0) is 37.0 Å². The number of rotatable bonds is 7. The molecule has 2 aromatic carbocycles. The number of para-hydroxylation sites is 1. The van der Waals surface area contributed by atoms with Gasteiger partial charge in [-0.3, -0.25) is 9.59 Å². The molecule has 4 rings (SSSR count). The van der Waals surface area contributed by atoms with E-state index in [4.69, 9.17) is 4.74 Å². The molecule has 2 aliphatic rings. The highest BCUT2D eigenvalue weighted by Gasteiger charge is 2.41. The second kappa shape index (κ2) is 8.46. The van der Waals surface area contributed by atoms with Crippen molar-refractivity contribution in [2.24, 2.45) is 0 Å². The summed E-state index contributed by atoms with van der Waals surface area (Å²) < 4.78 is 6.05. The summed E-state index contributed by atoms with van der Waals surface area (Å²) in [6.45, 7) is 0.450. The first kappa shape index (κ1) is 18.5. The van der Waals surface area contributed by atoms with E-state index in [1.54, 1.807) is 4.90 Å². The van der Waals surface area contributed by atoms with E-state index >= 15 is 0 Å². The maximum atomic E-state index is 12.9. The Morgan fingerprint density at radius 1 is 1.00 bits per heavy atom. The van der Waals surface area contributed by atoms with Crippen LogP contribution in [0.15, 0.2) is 60.7 Å². The topological polar surface area (TPSA) is 58.6 Å². The van der Waals surface area contributed by atoms with E-state index < -0.39 is 6.04 Å². The number of nitrogens with one attached hydrogen (secondary N) is 1. The van der Waals surface area contributed by atoms with Gasteiger partial charge in [0.1, 0.15) is 17.9 Å². The summed E-state index contributed by atoms with van der Waals surface area (Å²) in [5.74, 6) is 0.737. The largest absolute Gasteiger partial charge is 0.488 e.